The van der Waals surface area contributed by atoms with E-state index in [4.69, 9.17) is 4.79 Å². The molecule has 4 heavy (non-hydrogen) atoms. The first-order valence-corrected chi connectivity index (χ1v) is 0.289. The van der Waals surface area contributed by atoms with Crippen LogP contribution in [0.25, 0.3) is 0 Å². The third-order valence-corrected chi connectivity index (χ3v) is 0. The van der Waals surface area contributed by atoms with E-state index in [1.165, 1.54) is 0 Å². The summed E-state index contributed by atoms with van der Waals surface area (Å²) in [6.45, 7) is 2.00. The molecule has 3 heteroatoms. The summed E-state index contributed by atoms with van der Waals surface area (Å²) in [4.78, 5) is 8.00. The van der Waals surface area contributed by atoms with Crippen molar-refractivity contribution in [3.05, 3.63) is 0 Å². The van der Waals surface area contributed by atoms with Crippen molar-refractivity contribution in [2.75, 3.05) is 0 Å². The molecule has 0 amide bonds. The Kier molecular flexibility index (Phi) is 6050. The first-order chi connectivity index (χ1) is 1.00. The standard InChI is InChI=1S/CH2O.Co.H3N/c1-2;;/h1H2;;1H3. The van der Waals surface area contributed by atoms with E-state index >= 15 is 0 Å². The van der Waals surface area contributed by atoms with Crippen LogP contribution in [-0.4, -0.2) is 6.79 Å². The van der Waals surface area contributed by atoms with Gasteiger partial charge in [0.05, 0.1) is 0 Å². The number of carbonyl (C=O) groups is 1. The largest absolute Gasteiger partial charge is 0.344 e. The van der Waals surface area contributed by atoms with Crippen LogP contribution < -0.4 is 6.15 Å². The molecule has 0 aromatic heterocycles. The summed E-state index contributed by atoms with van der Waals surface area (Å²) in [5.74, 6) is 0. The zero-order chi connectivity index (χ0) is 2.00. The van der Waals surface area contributed by atoms with Gasteiger partial charge in [0.1, 0.15) is 6.79 Å². The summed E-state index contributed by atoms with van der Waals surface area (Å²) in [5, 5.41) is 0. The van der Waals surface area contributed by atoms with Crippen LogP contribution in [0.1, 0.15) is 0 Å². The Labute approximate surface area is 35.4 Å². The van der Waals surface area contributed by atoms with Gasteiger partial charge in [-0.25, -0.2) is 0 Å². The van der Waals surface area contributed by atoms with Crippen molar-refractivity contribution in [3.8, 4) is 0 Å². The van der Waals surface area contributed by atoms with Gasteiger partial charge in [-0.3, -0.25) is 0 Å². The fourth-order valence-corrected chi connectivity index (χ4v) is 0. The van der Waals surface area contributed by atoms with Crippen molar-refractivity contribution in [3.63, 3.8) is 0 Å². The number of rotatable bonds is 0. The van der Waals surface area contributed by atoms with Crippen LogP contribution in [0.5, 0.6) is 0 Å². The minimum absolute atomic E-state index is 0. The van der Waals surface area contributed by atoms with E-state index in [1.807, 2.05) is 6.79 Å². The van der Waals surface area contributed by atoms with Gasteiger partial charge in [-0.15, -0.1) is 0 Å². The predicted molar refractivity (Wildman–Crippen MR) is 12.1 cm³/mol. The van der Waals surface area contributed by atoms with Crippen molar-refractivity contribution in [1.82, 2.24) is 6.15 Å². The molecule has 3 N–H and O–H groups in total. The second-order valence-electron chi connectivity index (χ2n) is 0. The predicted octanol–water partition coefficient (Wildman–Crippen LogP) is -0.0254. The smallest absolute Gasteiger partial charge is 0.106 e. The first kappa shape index (κ1) is 31.5. The van der Waals surface area contributed by atoms with Crippen molar-refractivity contribution in [1.29, 1.82) is 0 Å². The van der Waals surface area contributed by atoms with E-state index in [9.17, 15) is 0 Å². The normalized spacial score (nSPS) is 1.00. The molecule has 2 nitrogen and oxygen atoms in total. The molecule has 0 bridgehead atoms. The molecule has 0 heterocycles. The van der Waals surface area contributed by atoms with Crippen LogP contribution in [0.15, 0.2) is 0 Å². The zero-order valence-corrected chi connectivity index (χ0v) is 3.20. The Balaban J connectivity index is -0.00000000500. The summed E-state index contributed by atoms with van der Waals surface area (Å²) in [5.41, 5.74) is 0. The maximum Gasteiger partial charge on any atom is 0.106 e. The molecule has 0 fully saturated rings. The number of hydrogen-bond acceptors (Lipinski definition) is 2. The van der Waals surface area contributed by atoms with E-state index in [1.54, 1.807) is 0 Å². The van der Waals surface area contributed by atoms with E-state index in [-0.39, 0.29) is 22.9 Å². The maximum atomic E-state index is 8.00. The van der Waals surface area contributed by atoms with Gasteiger partial charge in [-0.1, -0.05) is 0 Å². The van der Waals surface area contributed by atoms with E-state index in [0.29, 0.717) is 0 Å². The third-order valence-electron chi connectivity index (χ3n) is 0. The first-order valence-electron chi connectivity index (χ1n) is 0.289. The van der Waals surface area contributed by atoms with Gasteiger partial charge in [0.15, 0.2) is 0 Å². The number of hydrogen-bond donors (Lipinski definition) is 1. The van der Waals surface area contributed by atoms with E-state index in [0.717, 1.165) is 0 Å². The van der Waals surface area contributed by atoms with Gasteiger partial charge in [-0.2, -0.15) is 0 Å². The summed E-state index contributed by atoms with van der Waals surface area (Å²) in [6, 6.07) is 0. The van der Waals surface area contributed by atoms with Crippen molar-refractivity contribution >= 4 is 6.79 Å². The minimum Gasteiger partial charge on any atom is -0.344 e. The maximum absolute atomic E-state index is 8.00. The molecule has 0 spiro atoms. The molecular formula is CH5CoNO. The third kappa shape index (κ3) is 148. The zero-order valence-electron chi connectivity index (χ0n) is 2.16. The van der Waals surface area contributed by atoms with Crippen LogP contribution in [-0.2, 0) is 21.6 Å². The van der Waals surface area contributed by atoms with Crippen LogP contribution in [0.3, 0.4) is 0 Å². The minimum atomic E-state index is 0. The quantitative estimate of drug-likeness (QED) is 0.471. The molecule has 0 aliphatic heterocycles. The van der Waals surface area contributed by atoms with Crippen molar-refractivity contribution in [2.45, 2.75) is 0 Å². The molecule has 0 aromatic carbocycles. The van der Waals surface area contributed by atoms with Gasteiger partial charge in [-0.05, 0) is 0 Å². The summed E-state index contributed by atoms with van der Waals surface area (Å²) >= 11 is 0. The fourth-order valence-electron chi connectivity index (χ4n) is 0. The van der Waals surface area contributed by atoms with Crippen LogP contribution in [0.4, 0.5) is 0 Å². The second-order valence-corrected chi connectivity index (χ2v) is 0. The Morgan fingerprint density at radius 2 is 1.25 bits per heavy atom. The molecule has 0 saturated carbocycles. The average molecular weight is 106 g/mol. The Morgan fingerprint density at radius 1 is 1.25 bits per heavy atom. The molecule has 0 aliphatic carbocycles. The van der Waals surface area contributed by atoms with Crippen molar-refractivity contribution in [2.24, 2.45) is 0 Å². The fraction of sp³-hybridized carbons (Fsp3) is 0. The number of carbonyl (C=O) groups excluding carboxylic acids is 1. The monoisotopic (exact) mass is 106 g/mol. The van der Waals surface area contributed by atoms with Gasteiger partial charge in [0.25, 0.3) is 0 Å². The average Bonchev–Trinajstić information content (AvgIpc) is 1.00. The second kappa shape index (κ2) is 768. The molecule has 0 atom stereocenters. The molecule has 0 aliphatic rings. The van der Waals surface area contributed by atoms with Gasteiger partial charge in [0, 0.05) is 16.8 Å². The summed E-state index contributed by atoms with van der Waals surface area (Å²) in [6.07, 6.45) is 0. The molecule has 0 unspecified atom stereocenters. The van der Waals surface area contributed by atoms with Crippen LogP contribution in [0.2, 0.25) is 0 Å². The molecule has 0 rings (SSSR count). The van der Waals surface area contributed by atoms with Gasteiger partial charge in [0.2, 0.25) is 0 Å². The summed E-state index contributed by atoms with van der Waals surface area (Å²) in [7, 11) is 0. The molecule has 0 saturated heterocycles. The van der Waals surface area contributed by atoms with Crippen LogP contribution in [0, 0.1) is 0 Å². The molecule has 1 radical (unpaired) electrons. The Morgan fingerprint density at radius 3 is 1.25 bits per heavy atom. The molecule has 0 aromatic rings. The van der Waals surface area contributed by atoms with Crippen molar-refractivity contribution < 1.29 is 21.6 Å². The molecule has 29 valence electrons. The van der Waals surface area contributed by atoms with Gasteiger partial charge >= 0.3 is 0 Å². The van der Waals surface area contributed by atoms with E-state index < -0.39 is 0 Å². The SMILES string of the molecule is C=O.N.[Co]. The Bertz CT molecular complexity index is 8.00. The molecular weight excluding hydrogens is 101 g/mol. The van der Waals surface area contributed by atoms with Crippen LogP contribution >= 0.6 is 0 Å². The van der Waals surface area contributed by atoms with E-state index in [2.05, 4.69) is 0 Å². The Hall–Kier alpha value is 0.136. The van der Waals surface area contributed by atoms with Gasteiger partial charge < -0.3 is 10.9 Å². The topological polar surface area (TPSA) is 52.1 Å². The summed E-state index contributed by atoms with van der Waals surface area (Å²) < 4.78 is 0.